The van der Waals surface area contributed by atoms with Crippen molar-refractivity contribution in [2.45, 2.75) is 62.9 Å². The van der Waals surface area contributed by atoms with Gasteiger partial charge in [0.05, 0.1) is 12.1 Å². The largest absolute Gasteiger partial charge is 0.336 e. The molecule has 2 rings (SSSR count). The van der Waals surface area contributed by atoms with E-state index in [9.17, 15) is 10.1 Å². The van der Waals surface area contributed by atoms with E-state index in [0.717, 1.165) is 30.8 Å². The number of carbonyl (C=O) groups excluding carboxylic acids is 1. The average molecular weight is 295 g/mol. The zero-order valence-corrected chi connectivity index (χ0v) is 12.9. The molecule has 1 saturated heterocycles. The minimum atomic E-state index is -0.674. The molecule has 112 valence electrons. The standard InChI is InChI=1S/C15H25N3OS/c16-11-15(6-8-20-9-7-15)18-14(19)13(17)10-12-4-2-1-3-5-12/h12-13H,1-10,17H2,(H,18,19). The van der Waals surface area contributed by atoms with Gasteiger partial charge in [-0.2, -0.15) is 17.0 Å². The summed E-state index contributed by atoms with van der Waals surface area (Å²) in [7, 11) is 0. The molecule has 1 atom stereocenters. The van der Waals surface area contributed by atoms with Gasteiger partial charge in [-0.3, -0.25) is 4.79 Å². The van der Waals surface area contributed by atoms with Crippen molar-refractivity contribution < 1.29 is 4.79 Å². The molecule has 0 radical (unpaired) electrons. The number of hydrogen-bond donors (Lipinski definition) is 2. The monoisotopic (exact) mass is 295 g/mol. The summed E-state index contributed by atoms with van der Waals surface area (Å²) >= 11 is 1.84. The fourth-order valence-electron chi connectivity index (χ4n) is 3.20. The minimum Gasteiger partial charge on any atom is -0.336 e. The van der Waals surface area contributed by atoms with Gasteiger partial charge in [0.15, 0.2) is 0 Å². The van der Waals surface area contributed by atoms with E-state index in [2.05, 4.69) is 11.4 Å². The van der Waals surface area contributed by atoms with E-state index in [0.29, 0.717) is 5.92 Å². The van der Waals surface area contributed by atoms with Gasteiger partial charge in [0.2, 0.25) is 5.91 Å². The molecule has 4 nitrogen and oxygen atoms in total. The van der Waals surface area contributed by atoms with Crippen LogP contribution in [-0.4, -0.2) is 29.0 Å². The number of nitrogens with one attached hydrogen (secondary N) is 1. The first-order valence-electron chi connectivity index (χ1n) is 7.72. The molecule has 3 N–H and O–H groups in total. The first-order valence-corrected chi connectivity index (χ1v) is 8.87. The quantitative estimate of drug-likeness (QED) is 0.833. The summed E-state index contributed by atoms with van der Waals surface area (Å²) < 4.78 is 0. The second-order valence-corrected chi connectivity index (χ2v) is 7.37. The minimum absolute atomic E-state index is 0.135. The van der Waals surface area contributed by atoms with E-state index >= 15 is 0 Å². The molecule has 1 heterocycles. The molecule has 1 saturated carbocycles. The van der Waals surface area contributed by atoms with Crippen molar-refractivity contribution in [3.8, 4) is 6.07 Å². The van der Waals surface area contributed by atoms with E-state index in [1.807, 2.05) is 11.8 Å². The van der Waals surface area contributed by atoms with Gasteiger partial charge in [0.1, 0.15) is 5.54 Å². The summed E-state index contributed by atoms with van der Waals surface area (Å²) in [6.45, 7) is 0. The maximum absolute atomic E-state index is 12.3. The first-order chi connectivity index (χ1) is 9.65. The van der Waals surface area contributed by atoms with Gasteiger partial charge >= 0.3 is 0 Å². The summed E-state index contributed by atoms with van der Waals surface area (Å²) in [6, 6.07) is 1.85. The predicted octanol–water partition coefficient (Wildman–Crippen LogP) is 2.19. The van der Waals surface area contributed by atoms with Crippen molar-refractivity contribution in [1.29, 1.82) is 5.26 Å². The number of nitrogens with zero attached hydrogens (tertiary/aromatic N) is 1. The van der Waals surface area contributed by atoms with Crippen LogP contribution in [0.15, 0.2) is 0 Å². The van der Waals surface area contributed by atoms with Crippen LogP contribution in [0.4, 0.5) is 0 Å². The lowest BCUT2D eigenvalue weighted by Gasteiger charge is -2.33. The van der Waals surface area contributed by atoms with Gasteiger partial charge in [-0.1, -0.05) is 32.1 Å². The van der Waals surface area contributed by atoms with Crippen LogP contribution in [-0.2, 0) is 4.79 Å². The van der Waals surface area contributed by atoms with Crippen molar-refractivity contribution >= 4 is 17.7 Å². The molecule has 2 fully saturated rings. The smallest absolute Gasteiger partial charge is 0.238 e. The molecule has 2 aliphatic rings. The fraction of sp³-hybridized carbons (Fsp3) is 0.867. The van der Waals surface area contributed by atoms with Crippen LogP contribution in [0, 0.1) is 17.2 Å². The molecule has 1 aliphatic heterocycles. The Bertz CT molecular complexity index is 368. The topological polar surface area (TPSA) is 78.9 Å². The lowest BCUT2D eigenvalue weighted by Crippen LogP contribution is -2.54. The Balaban J connectivity index is 1.84. The Morgan fingerprint density at radius 3 is 2.60 bits per heavy atom. The van der Waals surface area contributed by atoms with E-state index < -0.39 is 11.6 Å². The Morgan fingerprint density at radius 1 is 1.35 bits per heavy atom. The molecular weight excluding hydrogens is 270 g/mol. The molecule has 0 bridgehead atoms. The number of hydrogen-bond acceptors (Lipinski definition) is 4. The van der Waals surface area contributed by atoms with Crippen LogP contribution in [0.5, 0.6) is 0 Å². The van der Waals surface area contributed by atoms with Crippen LogP contribution in [0.3, 0.4) is 0 Å². The van der Waals surface area contributed by atoms with Crippen LogP contribution in [0.25, 0.3) is 0 Å². The molecule has 20 heavy (non-hydrogen) atoms. The zero-order chi connectivity index (χ0) is 14.4. The van der Waals surface area contributed by atoms with Crippen LogP contribution in [0.1, 0.15) is 51.4 Å². The molecule has 0 aromatic carbocycles. The van der Waals surface area contributed by atoms with Crippen LogP contribution < -0.4 is 11.1 Å². The van der Waals surface area contributed by atoms with Crippen molar-refractivity contribution in [1.82, 2.24) is 5.32 Å². The maximum atomic E-state index is 12.3. The van der Waals surface area contributed by atoms with Crippen molar-refractivity contribution in [3.63, 3.8) is 0 Å². The fourth-order valence-corrected chi connectivity index (χ4v) is 4.39. The number of nitrogens with two attached hydrogens (primary N) is 1. The average Bonchev–Trinajstić information content (AvgIpc) is 2.49. The van der Waals surface area contributed by atoms with Crippen LogP contribution >= 0.6 is 11.8 Å². The Kier molecular flexibility index (Phi) is 5.74. The highest BCUT2D eigenvalue weighted by molar-refractivity contribution is 7.99. The summed E-state index contributed by atoms with van der Waals surface area (Å²) in [5.74, 6) is 2.32. The van der Waals surface area contributed by atoms with E-state index in [1.54, 1.807) is 0 Å². The number of carbonyl (C=O) groups is 1. The van der Waals surface area contributed by atoms with Crippen molar-refractivity contribution in [2.24, 2.45) is 11.7 Å². The SMILES string of the molecule is N#CC1(NC(=O)C(N)CC2CCCCC2)CCSCC1. The van der Waals surface area contributed by atoms with E-state index in [4.69, 9.17) is 5.73 Å². The molecule has 1 unspecified atom stereocenters. The second-order valence-electron chi connectivity index (χ2n) is 6.14. The Hall–Kier alpha value is -0.730. The van der Waals surface area contributed by atoms with Gasteiger partial charge in [0, 0.05) is 0 Å². The Morgan fingerprint density at radius 2 is 2.00 bits per heavy atom. The maximum Gasteiger partial charge on any atom is 0.238 e. The summed E-state index contributed by atoms with van der Waals surface area (Å²) in [6.07, 6.45) is 8.46. The van der Waals surface area contributed by atoms with Gasteiger partial charge in [-0.15, -0.1) is 0 Å². The second kappa shape index (κ2) is 7.33. The van der Waals surface area contributed by atoms with E-state index in [1.165, 1.54) is 32.1 Å². The summed E-state index contributed by atoms with van der Waals surface area (Å²) in [5.41, 5.74) is 5.38. The summed E-state index contributed by atoms with van der Waals surface area (Å²) in [5, 5.41) is 12.3. The summed E-state index contributed by atoms with van der Waals surface area (Å²) in [4.78, 5) is 12.3. The number of thioether (sulfide) groups is 1. The lowest BCUT2D eigenvalue weighted by molar-refractivity contribution is -0.124. The Labute approximate surface area is 125 Å². The molecule has 1 amide bonds. The molecular formula is C15H25N3OS. The van der Waals surface area contributed by atoms with Gasteiger partial charge in [0.25, 0.3) is 0 Å². The number of amides is 1. The highest BCUT2D eigenvalue weighted by Gasteiger charge is 2.35. The molecule has 5 heteroatoms. The highest BCUT2D eigenvalue weighted by Crippen LogP contribution is 2.28. The van der Waals surface area contributed by atoms with Gasteiger partial charge in [-0.05, 0) is 36.7 Å². The normalized spacial score (nSPS) is 24.6. The molecule has 0 aromatic heterocycles. The third-order valence-electron chi connectivity index (χ3n) is 4.57. The van der Waals surface area contributed by atoms with Crippen LogP contribution in [0.2, 0.25) is 0 Å². The molecule has 0 spiro atoms. The van der Waals surface area contributed by atoms with Gasteiger partial charge < -0.3 is 11.1 Å². The first kappa shape index (κ1) is 15.7. The third kappa shape index (κ3) is 4.13. The number of nitriles is 1. The van der Waals surface area contributed by atoms with Crippen molar-refractivity contribution in [3.05, 3.63) is 0 Å². The third-order valence-corrected chi connectivity index (χ3v) is 5.56. The molecule has 1 aliphatic carbocycles. The zero-order valence-electron chi connectivity index (χ0n) is 12.1. The molecule has 0 aromatic rings. The van der Waals surface area contributed by atoms with Gasteiger partial charge in [-0.25, -0.2) is 0 Å². The lowest BCUT2D eigenvalue weighted by atomic mass is 9.84. The predicted molar refractivity (Wildman–Crippen MR) is 82.2 cm³/mol. The number of rotatable bonds is 4. The highest BCUT2D eigenvalue weighted by atomic mass is 32.2. The van der Waals surface area contributed by atoms with Crippen molar-refractivity contribution in [2.75, 3.05) is 11.5 Å². The van der Waals surface area contributed by atoms with E-state index in [-0.39, 0.29) is 5.91 Å².